The summed E-state index contributed by atoms with van der Waals surface area (Å²) in [5, 5.41) is 53.0. The number of nitrogens with zero attached hydrogens (tertiary/aromatic N) is 1. The Morgan fingerprint density at radius 2 is 1.94 bits per heavy atom. The maximum Gasteiger partial charge on any atom is 0.222 e. The number of aryl methyl sites for hydroxylation is 1. The molecule has 5 heterocycles. The number of fused-ring (bicyclic) bond motifs is 3. The van der Waals surface area contributed by atoms with Gasteiger partial charge in [0.1, 0.15) is 66.9 Å². The highest BCUT2D eigenvalue weighted by molar-refractivity contribution is 6.07. The first-order valence-electron chi connectivity index (χ1n) is 16.6. The maximum atomic E-state index is 13.3. The number of nitrogens with one attached hydrogen (secondary N) is 2. The molecular formula is C34H42N3O11+. The zero-order chi connectivity index (χ0) is 33.7. The monoisotopic (exact) mass is 668 g/mol. The van der Waals surface area contributed by atoms with E-state index in [9.17, 15) is 30.0 Å². The first kappa shape index (κ1) is 33.0. The molecule has 258 valence electrons. The van der Waals surface area contributed by atoms with Crippen LogP contribution in [0.5, 0.6) is 5.75 Å². The first-order chi connectivity index (χ1) is 23.1. The number of amides is 1. The Balaban J connectivity index is 1.25. The fraction of sp³-hybridized carbons (Fsp3) is 0.559. The van der Waals surface area contributed by atoms with Crippen LogP contribution in [0.2, 0.25) is 0 Å². The van der Waals surface area contributed by atoms with E-state index in [1.807, 2.05) is 6.08 Å². The molecule has 1 aromatic carbocycles. The molecule has 2 fully saturated rings. The zero-order valence-electron chi connectivity index (χ0n) is 26.6. The molecule has 48 heavy (non-hydrogen) atoms. The number of benzene rings is 1. The van der Waals surface area contributed by atoms with Crippen molar-refractivity contribution in [2.75, 3.05) is 26.3 Å². The molecule has 1 saturated heterocycles. The van der Waals surface area contributed by atoms with Gasteiger partial charge >= 0.3 is 0 Å². The molecule has 7 rings (SSSR count). The van der Waals surface area contributed by atoms with Crippen LogP contribution in [0.4, 0.5) is 5.69 Å². The van der Waals surface area contributed by atoms with E-state index >= 15 is 0 Å². The minimum absolute atomic E-state index is 0.0269. The Morgan fingerprint density at radius 3 is 2.69 bits per heavy atom. The van der Waals surface area contributed by atoms with Gasteiger partial charge in [-0.15, -0.1) is 0 Å². The summed E-state index contributed by atoms with van der Waals surface area (Å²) < 4.78 is 13.4. The lowest BCUT2D eigenvalue weighted by Gasteiger charge is -2.49. The minimum Gasteiger partial charge on any atom is -0.478 e. The second-order valence-corrected chi connectivity index (χ2v) is 13.7. The van der Waals surface area contributed by atoms with E-state index in [4.69, 9.17) is 24.0 Å². The van der Waals surface area contributed by atoms with Crippen molar-refractivity contribution < 1.29 is 54.2 Å². The highest BCUT2D eigenvalue weighted by atomic mass is 17.2. The van der Waals surface area contributed by atoms with Gasteiger partial charge in [0.25, 0.3) is 0 Å². The summed E-state index contributed by atoms with van der Waals surface area (Å²) >= 11 is 0. The number of quaternary nitrogens is 1. The number of carbonyl (C=O) groups excluding carboxylic acids is 1. The molecule has 14 nitrogen and oxygen atoms in total. The van der Waals surface area contributed by atoms with Crippen molar-refractivity contribution in [2.45, 2.75) is 81.6 Å². The van der Waals surface area contributed by atoms with Crippen LogP contribution < -0.4 is 20.4 Å². The molecule has 5 aliphatic rings. The minimum atomic E-state index is -1.81. The van der Waals surface area contributed by atoms with Crippen LogP contribution in [0.25, 0.3) is 11.0 Å². The molecule has 7 N–H and O–H groups in total. The average Bonchev–Trinajstić information content (AvgIpc) is 3.80. The van der Waals surface area contributed by atoms with E-state index in [2.05, 4.69) is 16.5 Å². The Labute approximate surface area is 275 Å². The summed E-state index contributed by atoms with van der Waals surface area (Å²) in [6, 6.07) is 3.23. The summed E-state index contributed by atoms with van der Waals surface area (Å²) in [4.78, 5) is 42.5. The van der Waals surface area contributed by atoms with Crippen LogP contribution in [0.3, 0.4) is 0 Å². The summed E-state index contributed by atoms with van der Waals surface area (Å²) in [6.45, 7) is 1.52. The molecule has 1 aromatic heterocycles. The third-order valence-corrected chi connectivity index (χ3v) is 10.5. The van der Waals surface area contributed by atoms with Crippen molar-refractivity contribution in [3.63, 3.8) is 0 Å². The van der Waals surface area contributed by atoms with E-state index in [-0.39, 0.29) is 29.6 Å². The molecule has 1 amide bonds. The van der Waals surface area contributed by atoms with Crippen LogP contribution in [-0.2, 0) is 21.0 Å². The first-order valence-corrected chi connectivity index (χ1v) is 16.6. The van der Waals surface area contributed by atoms with Crippen LogP contribution in [0, 0.1) is 18.8 Å². The number of carbonyl (C=O) groups is 1. The third-order valence-electron chi connectivity index (χ3n) is 10.5. The molecule has 0 radical (unpaired) electrons. The number of hydrogen-bond acceptors (Lipinski definition) is 12. The second kappa shape index (κ2) is 13.1. The van der Waals surface area contributed by atoms with Gasteiger partial charge in [-0.25, -0.2) is 9.78 Å². The van der Waals surface area contributed by atoms with Gasteiger partial charge < -0.3 is 40.0 Å². The Morgan fingerprint density at radius 1 is 1.12 bits per heavy atom. The van der Waals surface area contributed by atoms with Gasteiger partial charge in [0.15, 0.2) is 11.2 Å². The number of aliphatic hydroxyl groups excluding tert-OH is 5. The topological polar surface area (TPSA) is 205 Å². The SMILES string of the molecule is Cc1cc(=O)c2cc3c(c([NH+]4C=C5C=CN=C5C4)c2o1)OC1(CCCC(C2CNC(=O)C2)C1)C(OOCC(O)C(O)C(O)C(O)CO)C3. The van der Waals surface area contributed by atoms with Gasteiger partial charge in [0.2, 0.25) is 17.2 Å². The second-order valence-electron chi connectivity index (χ2n) is 13.7. The van der Waals surface area contributed by atoms with E-state index in [0.717, 1.165) is 34.6 Å². The Bertz CT molecular complexity index is 1740. The number of aliphatic hydroxyl groups is 5. The van der Waals surface area contributed by atoms with Crippen molar-refractivity contribution in [2.24, 2.45) is 16.8 Å². The van der Waals surface area contributed by atoms with Crippen molar-refractivity contribution in [1.29, 1.82) is 0 Å². The number of hydrogen-bond donors (Lipinski definition) is 7. The zero-order valence-corrected chi connectivity index (χ0v) is 26.6. The fourth-order valence-electron chi connectivity index (χ4n) is 7.93. The lowest BCUT2D eigenvalue weighted by molar-refractivity contribution is -0.759. The Hall–Kier alpha value is -3.47. The molecule has 9 atom stereocenters. The summed E-state index contributed by atoms with van der Waals surface area (Å²) in [5.41, 5.74) is 2.69. The maximum absolute atomic E-state index is 13.3. The molecule has 1 aliphatic carbocycles. The summed E-state index contributed by atoms with van der Waals surface area (Å²) in [7, 11) is 0. The Kier molecular flexibility index (Phi) is 9.02. The van der Waals surface area contributed by atoms with E-state index in [0.29, 0.717) is 60.5 Å². The van der Waals surface area contributed by atoms with Gasteiger partial charge in [-0.2, -0.15) is 0 Å². The smallest absolute Gasteiger partial charge is 0.222 e. The quantitative estimate of drug-likeness (QED) is 0.124. The molecule has 1 spiro atoms. The van der Waals surface area contributed by atoms with Crippen LogP contribution in [-0.4, -0.2) is 99.6 Å². The third kappa shape index (κ3) is 6.00. The number of aliphatic imine (C=N–C) groups is 1. The number of allylic oxidation sites excluding steroid dienone is 1. The molecule has 0 bridgehead atoms. The van der Waals surface area contributed by atoms with E-state index in [1.165, 1.54) is 6.07 Å². The van der Waals surface area contributed by atoms with Crippen LogP contribution in [0.15, 0.2) is 50.4 Å². The van der Waals surface area contributed by atoms with Gasteiger partial charge in [-0.3, -0.25) is 19.5 Å². The largest absolute Gasteiger partial charge is 0.478 e. The van der Waals surface area contributed by atoms with Gasteiger partial charge in [0, 0.05) is 37.2 Å². The average molecular weight is 669 g/mol. The van der Waals surface area contributed by atoms with Crippen molar-refractivity contribution >= 4 is 28.3 Å². The van der Waals surface area contributed by atoms with Gasteiger partial charge in [0.05, 0.1) is 17.6 Å². The standard InChI is InChI=1S/C34H41N3O11/c1-17-7-24(39)22-8-20-9-27(48-45-16-26(41)31(44)30(43)25(40)15-38)34(5-2-3-18(11-34)21-10-28(42)36-12-21)47-32(20)29(33(22)46-17)37-13-19-4-6-35-23(19)14-37/h4,6-8,13,18,21,25-27,30-31,38,40-41,43-44H,2-3,5,9-12,14-16H2,1H3,(H,36,42)/p+1. The highest BCUT2D eigenvalue weighted by Crippen LogP contribution is 2.50. The molecule has 1 saturated carbocycles. The predicted molar refractivity (Wildman–Crippen MR) is 169 cm³/mol. The lowest BCUT2D eigenvalue weighted by Crippen LogP contribution is -3.01. The molecule has 9 unspecified atom stereocenters. The predicted octanol–water partition coefficient (Wildman–Crippen LogP) is -0.764. The fourth-order valence-corrected chi connectivity index (χ4v) is 7.93. The number of rotatable bonds is 10. The molecular weight excluding hydrogens is 626 g/mol. The van der Waals surface area contributed by atoms with Crippen molar-refractivity contribution in [3.05, 3.63) is 57.7 Å². The summed E-state index contributed by atoms with van der Waals surface area (Å²) in [5.74, 6) is 1.39. The van der Waals surface area contributed by atoms with Crippen LogP contribution >= 0.6 is 0 Å². The van der Waals surface area contributed by atoms with Gasteiger partial charge in [-0.1, -0.05) is 0 Å². The molecule has 14 heteroatoms. The normalized spacial score (nSPS) is 30.3. The number of ether oxygens (including phenoxy) is 1. The summed E-state index contributed by atoms with van der Waals surface area (Å²) in [6.07, 6.45) is 1.75. The van der Waals surface area contributed by atoms with Crippen LogP contribution in [0.1, 0.15) is 43.4 Å². The van der Waals surface area contributed by atoms with Gasteiger partial charge in [-0.05, 0) is 56.6 Å². The van der Waals surface area contributed by atoms with E-state index < -0.39 is 49.3 Å². The van der Waals surface area contributed by atoms with Crippen molar-refractivity contribution in [1.82, 2.24) is 5.32 Å². The molecule has 4 aliphatic heterocycles. The van der Waals surface area contributed by atoms with Crippen molar-refractivity contribution in [3.8, 4) is 5.75 Å². The van der Waals surface area contributed by atoms with E-state index in [1.54, 1.807) is 19.2 Å². The highest BCUT2D eigenvalue weighted by Gasteiger charge is 2.53. The lowest BCUT2D eigenvalue weighted by atomic mass is 9.68. The molecule has 2 aromatic rings.